The molecule has 3 aliphatic rings. The van der Waals surface area contributed by atoms with Crippen molar-refractivity contribution in [1.82, 2.24) is 24.7 Å². The van der Waals surface area contributed by atoms with Crippen LogP contribution >= 0.6 is 0 Å². The number of hydrogen-bond donors (Lipinski definition) is 0. The van der Waals surface area contributed by atoms with Crippen molar-refractivity contribution < 1.29 is 9.59 Å². The molecule has 0 radical (unpaired) electrons. The molecule has 38 heavy (non-hydrogen) atoms. The molecule has 0 N–H and O–H groups in total. The average Bonchev–Trinajstić information content (AvgIpc) is 3.48. The minimum atomic E-state index is 0.0143. The van der Waals surface area contributed by atoms with Gasteiger partial charge in [-0.05, 0) is 62.6 Å². The van der Waals surface area contributed by atoms with E-state index < -0.39 is 0 Å². The van der Waals surface area contributed by atoms with Gasteiger partial charge in [0.15, 0.2) is 0 Å². The standard InChI is InChI=1S/C31H41N5O2/c1-21(2)30(37)35-14-10-25(11-15-35)28(24-8-6-5-7-9-24)12-13-34-16-26-18-36(19-27(26)17-34)31(38)29-22(3)32-20-33-23(29)4/h5-9,18,20-21,25,27-28H,10-17,19H2,1-4H3. The number of fused-ring (bicyclic) bond motifs is 1. The molecule has 5 rings (SSSR count). The summed E-state index contributed by atoms with van der Waals surface area (Å²) in [7, 11) is 0. The van der Waals surface area contributed by atoms with Crippen LogP contribution in [0.25, 0.3) is 0 Å². The second-order valence-electron chi connectivity index (χ2n) is 11.6. The van der Waals surface area contributed by atoms with Crippen molar-refractivity contribution in [2.75, 3.05) is 39.3 Å². The normalized spacial score (nSPS) is 21.1. The van der Waals surface area contributed by atoms with Crippen LogP contribution in [0.1, 0.15) is 66.3 Å². The number of benzene rings is 1. The Hall–Kier alpha value is -3.06. The van der Waals surface area contributed by atoms with Crippen molar-refractivity contribution in [1.29, 1.82) is 0 Å². The first-order valence-corrected chi connectivity index (χ1v) is 14.2. The molecule has 0 aliphatic carbocycles. The topological polar surface area (TPSA) is 69.6 Å². The van der Waals surface area contributed by atoms with Crippen LogP contribution in [0.5, 0.6) is 0 Å². The van der Waals surface area contributed by atoms with Gasteiger partial charge in [-0.1, -0.05) is 44.2 Å². The van der Waals surface area contributed by atoms with E-state index in [0.29, 0.717) is 23.3 Å². The Labute approximate surface area is 226 Å². The van der Waals surface area contributed by atoms with Gasteiger partial charge >= 0.3 is 0 Å². The van der Waals surface area contributed by atoms with E-state index in [0.717, 1.165) is 69.9 Å². The van der Waals surface area contributed by atoms with E-state index in [1.807, 2.05) is 32.6 Å². The summed E-state index contributed by atoms with van der Waals surface area (Å²) in [4.78, 5) is 40.7. The Morgan fingerprint density at radius 3 is 2.32 bits per heavy atom. The molecule has 0 spiro atoms. The second kappa shape index (κ2) is 11.4. The summed E-state index contributed by atoms with van der Waals surface area (Å²) in [6.45, 7) is 13.2. The van der Waals surface area contributed by atoms with Crippen LogP contribution in [-0.4, -0.2) is 75.8 Å². The first-order valence-electron chi connectivity index (χ1n) is 14.2. The zero-order valence-electron chi connectivity index (χ0n) is 23.3. The highest BCUT2D eigenvalue weighted by Crippen LogP contribution is 2.37. The van der Waals surface area contributed by atoms with E-state index in [2.05, 4.69) is 56.3 Å². The number of piperidine rings is 1. The Kier molecular flexibility index (Phi) is 7.93. The van der Waals surface area contributed by atoms with E-state index in [9.17, 15) is 9.59 Å². The quantitative estimate of drug-likeness (QED) is 0.546. The SMILES string of the molecule is Cc1ncnc(C)c1C(=O)N1C=C2CN(CCC(c3ccccc3)C3CCN(C(=O)C(C)C)CC3)CC2C1. The zero-order chi connectivity index (χ0) is 26.8. The maximum Gasteiger partial charge on any atom is 0.261 e. The summed E-state index contributed by atoms with van der Waals surface area (Å²) in [6.07, 6.45) is 6.87. The van der Waals surface area contributed by atoms with Crippen molar-refractivity contribution in [3.63, 3.8) is 0 Å². The maximum absolute atomic E-state index is 13.2. The zero-order valence-corrected chi connectivity index (χ0v) is 23.3. The van der Waals surface area contributed by atoms with E-state index in [4.69, 9.17) is 0 Å². The molecule has 2 aromatic rings. The number of likely N-dealkylation sites (tertiary alicyclic amines) is 2. The summed E-state index contributed by atoms with van der Waals surface area (Å²) < 4.78 is 0. The third-order valence-corrected chi connectivity index (χ3v) is 8.75. The fourth-order valence-electron chi connectivity index (χ4n) is 6.63. The van der Waals surface area contributed by atoms with Crippen LogP contribution in [0, 0.1) is 31.6 Å². The Morgan fingerprint density at radius 2 is 1.68 bits per heavy atom. The van der Waals surface area contributed by atoms with Crippen molar-refractivity contribution in [3.05, 3.63) is 70.9 Å². The lowest BCUT2D eigenvalue weighted by atomic mass is 9.78. The molecule has 0 saturated carbocycles. The highest BCUT2D eigenvalue weighted by molar-refractivity contribution is 5.97. The van der Waals surface area contributed by atoms with Crippen LogP contribution in [-0.2, 0) is 4.79 Å². The first kappa shape index (κ1) is 26.5. The Bertz CT molecular complexity index is 1170. The molecule has 3 aliphatic heterocycles. The van der Waals surface area contributed by atoms with Gasteiger partial charge in [-0.2, -0.15) is 0 Å². The minimum Gasteiger partial charge on any atom is -0.342 e. The molecule has 2 unspecified atom stereocenters. The van der Waals surface area contributed by atoms with Gasteiger partial charge in [0, 0.05) is 50.8 Å². The highest BCUT2D eigenvalue weighted by atomic mass is 16.2. The monoisotopic (exact) mass is 515 g/mol. The van der Waals surface area contributed by atoms with Crippen molar-refractivity contribution in [3.8, 4) is 0 Å². The maximum atomic E-state index is 13.2. The predicted molar refractivity (Wildman–Crippen MR) is 148 cm³/mol. The molecular formula is C31H41N5O2. The molecule has 1 aromatic carbocycles. The molecule has 2 fully saturated rings. The number of carbonyl (C=O) groups is 2. The molecule has 4 heterocycles. The lowest BCUT2D eigenvalue weighted by Crippen LogP contribution is -2.42. The van der Waals surface area contributed by atoms with Crippen LogP contribution in [0.4, 0.5) is 0 Å². The smallest absolute Gasteiger partial charge is 0.261 e. The van der Waals surface area contributed by atoms with E-state index in [1.165, 1.54) is 17.5 Å². The summed E-state index contributed by atoms with van der Waals surface area (Å²) >= 11 is 0. The first-order chi connectivity index (χ1) is 18.3. The number of nitrogens with zero attached hydrogens (tertiary/aromatic N) is 5. The lowest BCUT2D eigenvalue weighted by molar-refractivity contribution is -0.136. The highest BCUT2D eigenvalue weighted by Gasteiger charge is 2.37. The number of amides is 2. The number of aromatic nitrogens is 2. The van der Waals surface area contributed by atoms with E-state index in [-0.39, 0.29) is 17.7 Å². The van der Waals surface area contributed by atoms with Gasteiger partial charge in [0.2, 0.25) is 5.91 Å². The molecule has 2 atom stereocenters. The van der Waals surface area contributed by atoms with Crippen molar-refractivity contribution in [2.24, 2.45) is 17.8 Å². The molecule has 0 bridgehead atoms. The Morgan fingerprint density at radius 1 is 1.00 bits per heavy atom. The third kappa shape index (κ3) is 5.53. The summed E-state index contributed by atoms with van der Waals surface area (Å²) in [6, 6.07) is 10.9. The molecule has 2 saturated heterocycles. The number of hydrogen-bond acceptors (Lipinski definition) is 5. The predicted octanol–water partition coefficient (Wildman–Crippen LogP) is 4.43. The van der Waals surface area contributed by atoms with Crippen molar-refractivity contribution >= 4 is 11.8 Å². The van der Waals surface area contributed by atoms with Crippen LogP contribution < -0.4 is 0 Å². The van der Waals surface area contributed by atoms with Gasteiger partial charge in [0.1, 0.15) is 6.33 Å². The average molecular weight is 516 g/mol. The summed E-state index contributed by atoms with van der Waals surface area (Å²) in [5.41, 5.74) is 4.90. The summed E-state index contributed by atoms with van der Waals surface area (Å²) in [5.74, 6) is 1.88. The van der Waals surface area contributed by atoms with Crippen LogP contribution in [0.2, 0.25) is 0 Å². The van der Waals surface area contributed by atoms with Crippen LogP contribution in [0.15, 0.2) is 48.4 Å². The van der Waals surface area contributed by atoms with Gasteiger partial charge in [0.05, 0.1) is 17.0 Å². The van der Waals surface area contributed by atoms with Gasteiger partial charge in [-0.3, -0.25) is 14.5 Å². The second-order valence-corrected chi connectivity index (χ2v) is 11.6. The lowest BCUT2D eigenvalue weighted by Gasteiger charge is -2.37. The van der Waals surface area contributed by atoms with E-state index >= 15 is 0 Å². The van der Waals surface area contributed by atoms with Crippen LogP contribution in [0.3, 0.4) is 0 Å². The number of carbonyl (C=O) groups excluding carboxylic acids is 2. The van der Waals surface area contributed by atoms with Gasteiger partial charge < -0.3 is 9.80 Å². The molecule has 7 nitrogen and oxygen atoms in total. The van der Waals surface area contributed by atoms with Gasteiger partial charge in [-0.25, -0.2) is 9.97 Å². The van der Waals surface area contributed by atoms with Crippen molar-refractivity contribution in [2.45, 2.75) is 52.9 Å². The van der Waals surface area contributed by atoms with Gasteiger partial charge in [0.25, 0.3) is 5.91 Å². The number of aryl methyl sites for hydroxylation is 2. The third-order valence-electron chi connectivity index (χ3n) is 8.75. The molecule has 202 valence electrons. The minimum absolute atomic E-state index is 0.0143. The molecule has 1 aromatic heterocycles. The molecule has 2 amide bonds. The van der Waals surface area contributed by atoms with Gasteiger partial charge in [-0.15, -0.1) is 0 Å². The molecule has 7 heteroatoms. The summed E-state index contributed by atoms with van der Waals surface area (Å²) in [5, 5.41) is 0. The number of rotatable bonds is 7. The molecular weight excluding hydrogens is 474 g/mol. The fourth-order valence-corrected chi connectivity index (χ4v) is 6.63. The van der Waals surface area contributed by atoms with E-state index in [1.54, 1.807) is 0 Å². The largest absolute Gasteiger partial charge is 0.342 e. The fraction of sp³-hybridized carbons (Fsp3) is 0.548. The Balaban J connectivity index is 1.20.